The van der Waals surface area contributed by atoms with E-state index in [9.17, 15) is 4.79 Å². The van der Waals surface area contributed by atoms with Crippen molar-refractivity contribution in [2.45, 2.75) is 13.5 Å². The number of fused-ring (bicyclic) bond motifs is 2. The molecule has 0 radical (unpaired) electrons. The number of pyridine rings is 1. The van der Waals surface area contributed by atoms with Crippen LogP contribution in [0.2, 0.25) is 0 Å². The molecule has 24 heavy (non-hydrogen) atoms. The Bertz CT molecular complexity index is 1050. The molecule has 0 aliphatic carbocycles. The Kier molecular flexibility index (Phi) is 3.38. The quantitative estimate of drug-likeness (QED) is 0.539. The van der Waals surface area contributed by atoms with E-state index < -0.39 is 5.97 Å². The van der Waals surface area contributed by atoms with Crippen molar-refractivity contribution >= 4 is 22.6 Å². The summed E-state index contributed by atoms with van der Waals surface area (Å²) in [6, 6.07) is 11.4. The van der Waals surface area contributed by atoms with Gasteiger partial charge in [-0.2, -0.15) is 4.98 Å². The Balaban J connectivity index is 1.58. The third-order valence-electron chi connectivity index (χ3n) is 3.69. The number of carbonyl (C=O) groups excluding carboxylic acids is 1. The predicted molar refractivity (Wildman–Crippen MR) is 86.4 cm³/mol. The smallest absolute Gasteiger partial charge is 0.378 e. The summed E-state index contributed by atoms with van der Waals surface area (Å²) in [5.74, 6) is -0.230. The van der Waals surface area contributed by atoms with Crippen LogP contribution in [0.15, 0.2) is 48.8 Å². The Morgan fingerprint density at radius 1 is 1.12 bits per heavy atom. The summed E-state index contributed by atoms with van der Waals surface area (Å²) >= 11 is 0. The summed E-state index contributed by atoms with van der Waals surface area (Å²) in [6.45, 7) is 1.97. The van der Waals surface area contributed by atoms with Crippen molar-refractivity contribution in [3.8, 4) is 0 Å². The zero-order valence-corrected chi connectivity index (χ0v) is 12.9. The van der Waals surface area contributed by atoms with Gasteiger partial charge in [0.15, 0.2) is 0 Å². The summed E-state index contributed by atoms with van der Waals surface area (Å²) in [4.78, 5) is 24.7. The molecule has 0 atom stereocenters. The number of hydrogen-bond acceptors (Lipinski definition) is 6. The number of benzene rings is 1. The molecule has 3 heterocycles. The van der Waals surface area contributed by atoms with E-state index in [1.54, 1.807) is 18.5 Å². The van der Waals surface area contributed by atoms with Crippen molar-refractivity contribution in [1.29, 1.82) is 0 Å². The Morgan fingerprint density at radius 3 is 2.88 bits per heavy atom. The Hall–Kier alpha value is -3.35. The molecule has 7 heteroatoms. The van der Waals surface area contributed by atoms with Gasteiger partial charge in [-0.1, -0.05) is 24.3 Å². The van der Waals surface area contributed by atoms with Crippen molar-refractivity contribution in [1.82, 2.24) is 24.6 Å². The molecule has 0 saturated carbocycles. The minimum Gasteiger partial charge on any atom is -0.455 e. The lowest BCUT2D eigenvalue weighted by Crippen LogP contribution is -2.08. The minimum absolute atomic E-state index is 0.00926. The van der Waals surface area contributed by atoms with Gasteiger partial charge in [0.1, 0.15) is 6.61 Å². The van der Waals surface area contributed by atoms with E-state index in [4.69, 9.17) is 4.74 Å². The van der Waals surface area contributed by atoms with Crippen LogP contribution in [-0.2, 0) is 11.3 Å². The molecule has 0 N–H and O–H groups in total. The summed E-state index contributed by atoms with van der Waals surface area (Å²) in [7, 11) is 0. The fourth-order valence-electron chi connectivity index (χ4n) is 2.48. The fourth-order valence-corrected chi connectivity index (χ4v) is 2.48. The SMILES string of the molecule is Cc1ccnc2nc(C(=O)OCc3cccc4cccnc34)nn12. The zero-order valence-electron chi connectivity index (χ0n) is 12.9. The molecule has 4 rings (SSSR count). The van der Waals surface area contributed by atoms with Crippen LogP contribution in [0.25, 0.3) is 16.7 Å². The van der Waals surface area contributed by atoms with Gasteiger partial charge in [-0.05, 0) is 19.1 Å². The summed E-state index contributed by atoms with van der Waals surface area (Å²) in [5, 5.41) is 5.14. The maximum atomic E-state index is 12.2. The molecule has 0 saturated heterocycles. The average molecular weight is 319 g/mol. The van der Waals surface area contributed by atoms with Gasteiger partial charge in [0.2, 0.25) is 0 Å². The van der Waals surface area contributed by atoms with Gasteiger partial charge in [-0.3, -0.25) is 4.98 Å². The molecule has 7 nitrogen and oxygen atoms in total. The van der Waals surface area contributed by atoms with E-state index in [-0.39, 0.29) is 12.4 Å². The molecule has 3 aromatic heterocycles. The number of para-hydroxylation sites is 1. The first-order valence-corrected chi connectivity index (χ1v) is 7.40. The summed E-state index contributed by atoms with van der Waals surface area (Å²) in [5.41, 5.74) is 2.48. The van der Waals surface area contributed by atoms with E-state index in [0.717, 1.165) is 22.2 Å². The maximum absolute atomic E-state index is 12.2. The first-order valence-electron chi connectivity index (χ1n) is 7.40. The molecule has 1 aromatic carbocycles. The van der Waals surface area contributed by atoms with Crippen molar-refractivity contribution in [2.24, 2.45) is 0 Å². The number of aromatic nitrogens is 5. The van der Waals surface area contributed by atoms with Crippen molar-refractivity contribution in [3.05, 3.63) is 65.9 Å². The van der Waals surface area contributed by atoms with E-state index >= 15 is 0 Å². The molecule has 0 aliphatic rings. The number of rotatable bonds is 3. The Morgan fingerprint density at radius 2 is 2.00 bits per heavy atom. The highest BCUT2D eigenvalue weighted by atomic mass is 16.5. The van der Waals surface area contributed by atoms with Crippen molar-refractivity contribution in [3.63, 3.8) is 0 Å². The third-order valence-corrected chi connectivity index (χ3v) is 3.69. The van der Waals surface area contributed by atoms with Gasteiger partial charge in [-0.15, -0.1) is 5.10 Å². The highest BCUT2D eigenvalue weighted by Crippen LogP contribution is 2.17. The molecular weight excluding hydrogens is 306 g/mol. The second-order valence-electron chi connectivity index (χ2n) is 5.30. The number of hydrogen-bond donors (Lipinski definition) is 0. The Labute approximate surface area is 137 Å². The molecule has 0 spiro atoms. The van der Waals surface area contributed by atoms with Crippen LogP contribution < -0.4 is 0 Å². The van der Waals surface area contributed by atoms with Gasteiger partial charge < -0.3 is 4.74 Å². The molecule has 0 amide bonds. The second kappa shape index (κ2) is 5.69. The second-order valence-corrected chi connectivity index (χ2v) is 5.30. The molecule has 0 bridgehead atoms. The molecule has 0 unspecified atom stereocenters. The third kappa shape index (κ3) is 2.45. The fraction of sp³-hybridized carbons (Fsp3) is 0.118. The first-order chi connectivity index (χ1) is 11.7. The molecular formula is C17H13N5O2. The van der Waals surface area contributed by atoms with Gasteiger partial charge >= 0.3 is 5.97 Å². The van der Waals surface area contributed by atoms with Gasteiger partial charge in [-0.25, -0.2) is 14.3 Å². The van der Waals surface area contributed by atoms with Gasteiger partial charge in [0.05, 0.1) is 5.52 Å². The van der Waals surface area contributed by atoms with Gasteiger partial charge in [0, 0.05) is 29.0 Å². The van der Waals surface area contributed by atoms with E-state index in [1.807, 2.05) is 37.3 Å². The highest BCUT2D eigenvalue weighted by Gasteiger charge is 2.16. The van der Waals surface area contributed by atoms with Crippen LogP contribution in [0.4, 0.5) is 0 Å². The van der Waals surface area contributed by atoms with E-state index in [0.29, 0.717) is 5.78 Å². The maximum Gasteiger partial charge on any atom is 0.378 e. The van der Waals surface area contributed by atoms with Crippen LogP contribution >= 0.6 is 0 Å². The average Bonchev–Trinajstić information content (AvgIpc) is 3.05. The summed E-state index contributed by atoms with van der Waals surface area (Å²) < 4.78 is 6.86. The standard InChI is InChI=1S/C17H13N5O2/c1-11-7-9-19-17-20-15(21-22(11)17)16(23)24-10-13-5-2-4-12-6-3-8-18-14(12)13/h2-9H,10H2,1H3. The number of aryl methyl sites for hydroxylation is 1. The van der Waals surface area contributed by atoms with E-state index in [1.165, 1.54) is 4.52 Å². The van der Waals surface area contributed by atoms with Crippen LogP contribution in [0.3, 0.4) is 0 Å². The minimum atomic E-state index is -0.590. The van der Waals surface area contributed by atoms with Crippen LogP contribution in [0.5, 0.6) is 0 Å². The largest absolute Gasteiger partial charge is 0.455 e. The zero-order chi connectivity index (χ0) is 16.5. The molecule has 0 fully saturated rings. The van der Waals surface area contributed by atoms with Crippen LogP contribution in [-0.4, -0.2) is 30.5 Å². The highest BCUT2D eigenvalue weighted by molar-refractivity contribution is 5.86. The number of nitrogens with zero attached hydrogens (tertiary/aromatic N) is 5. The van der Waals surface area contributed by atoms with Crippen molar-refractivity contribution in [2.75, 3.05) is 0 Å². The van der Waals surface area contributed by atoms with Gasteiger partial charge in [0.25, 0.3) is 11.6 Å². The molecule has 0 aliphatic heterocycles. The first kappa shape index (κ1) is 14.3. The number of carbonyl (C=O) groups is 1. The predicted octanol–water partition coefficient (Wildman–Crippen LogP) is 2.34. The normalized spacial score (nSPS) is 11.0. The lowest BCUT2D eigenvalue weighted by atomic mass is 10.1. The van der Waals surface area contributed by atoms with Crippen LogP contribution in [0, 0.1) is 6.92 Å². The van der Waals surface area contributed by atoms with Crippen LogP contribution in [0.1, 0.15) is 21.9 Å². The molecule has 118 valence electrons. The van der Waals surface area contributed by atoms with Crippen molar-refractivity contribution < 1.29 is 9.53 Å². The number of ether oxygens (including phenoxy) is 1. The number of esters is 1. The monoisotopic (exact) mass is 319 g/mol. The lowest BCUT2D eigenvalue weighted by molar-refractivity contribution is 0.0460. The lowest BCUT2D eigenvalue weighted by Gasteiger charge is -2.05. The topological polar surface area (TPSA) is 82.3 Å². The molecule has 4 aromatic rings. The summed E-state index contributed by atoms with van der Waals surface area (Å²) in [6.07, 6.45) is 3.34. The van der Waals surface area contributed by atoms with E-state index in [2.05, 4.69) is 20.1 Å².